The van der Waals surface area contributed by atoms with Gasteiger partial charge in [0.05, 0.1) is 11.4 Å². The molecule has 0 amide bonds. The molecule has 2 nitrogen and oxygen atoms in total. The summed E-state index contributed by atoms with van der Waals surface area (Å²) in [6.45, 7) is 0. The lowest BCUT2D eigenvalue weighted by atomic mass is 9.67. The summed E-state index contributed by atoms with van der Waals surface area (Å²) < 4.78 is 0. The van der Waals surface area contributed by atoms with E-state index in [0.29, 0.717) is 0 Å². The fourth-order valence-electron chi connectivity index (χ4n) is 8.94. The molecule has 8 aromatic rings. The SMILES string of the molecule is c1ccc(-c2cc(-c3ccccc3)nc(-c3ccc(-c4ccc(-c5ccc(-c6ccc7c(c6)C6(CCCCC6)c6ccccc6-7)cc5)cc4)cc3)n2)cc1. The monoisotopic (exact) mass is 692 g/mol. The molecule has 1 saturated carbocycles. The van der Waals surface area contributed by atoms with Crippen LogP contribution in [0.2, 0.25) is 0 Å². The number of fused-ring (bicyclic) bond motifs is 5. The van der Waals surface area contributed by atoms with Crippen molar-refractivity contribution in [3.05, 3.63) is 193 Å². The zero-order valence-electron chi connectivity index (χ0n) is 30.3. The molecule has 0 radical (unpaired) electrons. The van der Waals surface area contributed by atoms with Gasteiger partial charge in [0.2, 0.25) is 0 Å². The summed E-state index contributed by atoms with van der Waals surface area (Å²) in [4.78, 5) is 10.0. The first-order valence-corrected chi connectivity index (χ1v) is 19.3. The molecular formula is C52H40N2. The Morgan fingerprint density at radius 3 is 1.28 bits per heavy atom. The fraction of sp³-hybridized carbons (Fsp3) is 0.115. The quantitative estimate of drug-likeness (QED) is 0.173. The van der Waals surface area contributed by atoms with Crippen LogP contribution in [0.1, 0.15) is 43.2 Å². The highest BCUT2D eigenvalue weighted by molar-refractivity contribution is 5.84. The minimum Gasteiger partial charge on any atom is -0.228 e. The number of hydrogen-bond acceptors (Lipinski definition) is 2. The lowest BCUT2D eigenvalue weighted by Crippen LogP contribution is -2.28. The molecule has 258 valence electrons. The molecule has 2 heteroatoms. The lowest BCUT2D eigenvalue weighted by Gasteiger charge is -2.36. The molecular weight excluding hydrogens is 653 g/mol. The fourth-order valence-corrected chi connectivity index (χ4v) is 8.94. The van der Waals surface area contributed by atoms with Crippen LogP contribution in [0.25, 0.3) is 78.4 Å². The van der Waals surface area contributed by atoms with Crippen LogP contribution in [0, 0.1) is 0 Å². The van der Waals surface area contributed by atoms with Gasteiger partial charge in [0.1, 0.15) is 0 Å². The minimum absolute atomic E-state index is 0.176. The summed E-state index contributed by atoms with van der Waals surface area (Å²) in [6, 6.07) is 65.7. The van der Waals surface area contributed by atoms with Crippen LogP contribution in [0.3, 0.4) is 0 Å². The van der Waals surface area contributed by atoms with Crippen LogP contribution in [0.15, 0.2) is 182 Å². The van der Waals surface area contributed by atoms with Crippen LogP contribution in [0.4, 0.5) is 0 Å². The van der Waals surface area contributed by atoms with Crippen LogP contribution < -0.4 is 0 Å². The van der Waals surface area contributed by atoms with Gasteiger partial charge in [0.25, 0.3) is 0 Å². The molecule has 2 aliphatic carbocycles. The van der Waals surface area contributed by atoms with Crippen LogP contribution in [-0.4, -0.2) is 9.97 Å². The molecule has 0 bridgehead atoms. The Balaban J connectivity index is 0.893. The van der Waals surface area contributed by atoms with Gasteiger partial charge >= 0.3 is 0 Å². The van der Waals surface area contributed by atoms with E-state index in [0.717, 1.165) is 39.5 Å². The molecule has 1 fully saturated rings. The molecule has 7 aromatic carbocycles. The van der Waals surface area contributed by atoms with Crippen molar-refractivity contribution in [2.24, 2.45) is 0 Å². The Labute approximate surface area is 317 Å². The predicted molar refractivity (Wildman–Crippen MR) is 224 cm³/mol. The van der Waals surface area contributed by atoms with Crippen LogP contribution in [-0.2, 0) is 5.41 Å². The maximum atomic E-state index is 5.01. The lowest BCUT2D eigenvalue weighted by molar-refractivity contribution is 0.353. The Morgan fingerprint density at radius 2 is 0.741 bits per heavy atom. The maximum Gasteiger partial charge on any atom is 0.160 e. The molecule has 0 saturated heterocycles. The van der Waals surface area contributed by atoms with Gasteiger partial charge in [0, 0.05) is 22.1 Å². The third-order valence-corrected chi connectivity index (χ3v) is 11.8. The third-order valence-electron chi connectivity index (χ3n) is 11.8. The molecule has 10 rings (SSSR count). The largest absolute Gasteiger partial charge is 0.228 e. The van der Waals surface area contributed by atoms with Gasteiger partial charge in [-0.1, -0.05) is 189 Å². The van der Waals surface area contributed by atoms with E-state index in [-0.39, 0.29) is 5.41 Å². The van der Waals surface area contributed by atoms with Gasteiger partial charge in [0.15, 0.2) is 5.82 Å². The highest BCUT2D eigenvalue weighted by atomic mass is 14.9. The number of nitrogens with zero attached hydrogens (tertiary/aromatic N) is 2. The van der Waals surface area contributed by atoms with Crippen LogP contribution >= 0.6 is 0 Å². The van der Waals surface area contributed by atoms with E-state index in [4.69, 9.17) is 9.97 Å². The molecule has 2 aliphatic rings. The highest BCUT2D eigenvalue weighted by Crippen LogP contribution is 2.56. The summed E-state index contributed by atoms with van der Waals surface area (Å²) >= 11 is 0. The Hall–Kier alpha value is -6.38. The van der Waals surface area contributed by atoms with Gasteiger partial charge in [-0.3, -0.25) is 0 Å². The normalized spacial score (nSPS) is 14.1. The van der Waals surface area contributed by atoms with Crippen molar-refractivity contribution in [1.82, 2.24) is 9.97 Å². The van der Waals surface area contributed by atoms with Crippen molar-refractivity contribution in [2.45, 2.75) is 37.5 Å². The number of rotatable bonds is 6. The van der Waals surface area contributed by atoms with Gasteiger partial charge in [-0.25, -0.2) is 9.97 Å². The van der Waals surface area contributed by atoms with Gasteiger partial charge < -0.3 is 0 Å². The maximum absolute atomic E-state index is 5.01. The molecule has 0 aliphatic heterocycles. The van der Waals surface area contributed by atoms with Crippen molar-refractivity contribution >= 4 is 0 Å². The molecule has 0 N–H and O–H groups in total. The van der Waals surface area contributed by atoms with Crippen molar-refractivity contribution in [3.63, 3.8) is 0 Å². The number of hydrogen-bond donors (Lipinski definition) is 0. The average molecular weight is 693 g/mol. The molecule has 1 aromatic heterocycles. The molecule has 1 spiro atoms. The second-order valence-electron chi connectivity index (χ2n) is 14.9. The van der Waals surface area contributed by atoms with E-state index >= 15 is 0 Å². The van der Waals surface area contributed by atoms with E-state index in [1.54, 1.807) is 11.1 Å². The summed E-state index contributed by atoms with van der Waals surface area (Å²) in [5.41, 5.74) is 18.5. The summed E-state index contributed by atoms with van der Waals surface area (Å²) in [7, 11) is 0. The van der Waals surface area contributed by atoms with Crippen LogP contribution in [0.5, 0.6) is 0 Å². The van der Waals surface area contributed by atoms with Gasteiger partial charge in [-0.05, 0) is 80.6 Å². The second kappa shape index (κ2) is 13.5. The first-order chi connectivity index (χ1) is 26.7. The molecule has 0 unspecified atom stereocenters. The van der Waals surface area contributed by atoms with E-state index in [1.807, 2.05) is 36.4 Å². The summed E-state index contributed by atoms with van der Waals surface area (Å²) in [5.74, 6) is 0.721. The Bertz CT molecular complexity index is 2520. The summed E-state index contributed by atoms with van der Waals surface area (Å²) in [5, 5.41) is 0. The second-order valence-corrected chi connectivity index (χ2v) is 14.9. The van der Waals surface area contributed by atoms with E-state index in [1.165, 1.54) is 71.0 Å². The zero-order chi connectivity index (χ0) is 35.9. The smallest absolute Gasteiger partial charge is 0.160 e. The predicted octanol–water partition coefficient (Wildman–Crippen LogP) is 13.7. The Morgan fingerprint density at radius 1 is 0.315 bits per heavy atom. The third kappa shape index (κ3) is 5.76. The number of aromatic nitrogens is 2. The molecule has 54 heavy (non-hydrogen) atoms. The van der Waals surface area contributed by atoms with E-state index in [9.17, 15) is 0 Å². The zero-order valence-corrected chi connectivity index (χ0v) is 30.3. The summed E-state index contributed by atoms with van der Waals surface area (Å²) in [6.07, 6.45) is 6.49. The standard InChI is InChI=1S/C52H40N2/c1-4-12-41(13-5-1)49-35-50(42-14-6-2-7-15-42)54-51(53-49)43-28-26-39(27-29-43)37-20-18-36(19-21-37)38-22-24-40(25-23-38)44-30-31-46-45-16-8-9-17-47(45)52(48(46)34-44)32-10-3-11-33-52/h1-2,4-9,12-31,34-35H,3,10-11,32-33H2. The van der Waals surface area contributed by atoms with E-state index < -0.39 is 0 Å². The van der Waals surface area contributed by atoms with Gasteiger partial charge in [-0.15, -0.1) is 0 Å². The average Bonchev–Trinajstić information content (AvgIpc) is 3.52. The minimum atomic E-state index is 0.176. The van der Waals surface area contributed by atoms with Crippen molar-refractivity contribution in [2.75, 3.05) is 0 Å². The Kier molecular flexibility index (Phi) is 8.10. The van der Waals surface area contributed by atoms with E-state index in [2.05, 4.69) is 146 Å². The van der Waals surface area contributed by atoms with Crippen molar-refractivity contribution in [1.29, 1.82) is 0 Å². The molecule has 0 atom stereocenters. The first-order valence-electron chi connectivity index (χ1n) is 19.3. The topological polar surface area (TPSA) is 25.8 Å². The first kappa shape index (κ1) is 32.3. The van der Waals surface area contributed by atoms with Gasteiger partial charge in [-0.2, -0.15) is 0 Å². The highest BCUT2D eigenvalue weighted by Gasteiger charge is 2.43. The number of benzene rings is 7. The molecule has 1 heterocycles. The van der Waals surface area contributed by atoms with Crippen molar-refractivity contribution < 1.29 is 0 Å². The van der Waals surface area contributed by atoms with Crippen molar-refractivity contribution in [3.8, 4) is 78.4 Å².